The first-order valence-electron chi connectivity index (χ1n) is 6.88. The summed E-state index contributed by atoms with van der Waals surface area (Å²) in [5, 5.41) is 6.36. The standard InChI is InChI=1S/C14H13FN4O3S/c15-10-3-1-2-9(6-10)13-17-11(22-18-13)7-23-8-12(20)19-5-4-16-14(19)21/h1-3,6H,4-5,7-8H2,(H,16,21). The number of hydrogen-bond acceptors (Lipinski definition) is 6. The maximum absolute atomic E-state index is 13.2. The Morgan fingerprint density at radius 1 is 1.48 bits per heavy atom. The number of aromatic nitrogens is 2. The Hall–Kier alpha value is -2.42. The molecule has 1 N–H and O–H groups in total. The lowest BCUT2D eigenvalue weighted by molar-refractivity contribution is -0.124. The van der Waals surface area contributed by atoms with E-state index in [1.54, 1.807) is 12.1 Å². The number of rotatable bonds is 5. The Balaban J connectivity index is 1.53. The summed E-state index contributed by atoms with van der Waals surface area (Å²) in [5.74, 6) is 0.486. The van der Waals surface area contributed by atoms with E-state index >= 15 is 0 Å². The molecular formula is C14H13FN4O3S. The average molecular weight is 336 g/mol. The van der Waals surface area contributed by atoms with Crippen LogP contribution in [0.5, 0.6) is 0 Å². The van der Waals surface area contributed by atoms with Crippen LogP contribution in [0.3, 0.4) is 0 Å². The van der Waals surface area contributed by atoms with Crippen molar-refractivity contribution < 1.29 is 18.5 Å². The second-order valence-electron chi connectivity index (χ2n) is 4.79. The molecule has 9 heteroatoms. The highest BCUT2D eigenvalue weighted by atomic mass is 32.2. The first-order valence-corrected chi connectivity index (χ1v) is 8.03. The van der Waals surface area contributed by atoms with E-state index < -0.39 is 0 Å². The van der Waals surface area contributed by atoms with Crippen LogP contribution in [0, 0.1) is 5.82 Å². The van der Waals surface area contributed by atoms with Gasteiger partial charge in [-0.05, 0) is 12.1 Å². The van der Waals surface area contributed by atoms with Gasteiger partial charge in [-0.15, -0.1) is 11.8 Å². The Morgan fingerprint density at radius 3 is 3.09 bits per heavy atom. The van der Waals surface area contributed by atoms with Crippen LogP contribution >= 0.6 is 11.8 Å². The summed E-state index contributed by atoms with van der Waals surface area (Å²) in [6.07, 6.45) is 0. The van der Waals surface area contributed by atoms with E-state index in [1.807, 2.05) is 0 Å². The monoisotopic (exact) mass is 336 g/mol. The average Bonchev–Trinajstić information content (AvgIpc) is 3.16. The summed E-state index contributed by atoms with van der Waals surface area (Å²) in [7, 11) is 0. The van der Waals surface area contributed by atoms with Crippen molar-refractivity contribution in [3.05, 3.63) is 36.0 Å². The Kier molecular flexibility index (Phi) is 4.56. The van der Waals surface area contributed by atoms with Gasteiger partial charge in [-0.2, -0.15) is 4.98 Å². The third-order valence-corrected chi connectivity index (χ3v) is 4.06. The smallest absolute Gasteiger partial charge is 0.324 e. The fraction of sp³-hybridized carbons (Fsp3) is 0.286. The Bertz CT molecular complexity index is 736. The number of nitrogens with one attached hydrogen (secondary N) is 1. The van der Waals surface area contributed by atoms with E-state index in [0.717, 1.165) is 0 Å². The van der Waals surface area contributed by atoms with Crippen molar-refractivity contribution in [3.63, 3.8) is 0 Å². The van der Waals surface area contributed by atoms with E-state index in [-0.39, 0.29) is 23.5 Å². The third kappa shape index (κ3) is 3.67. The number of hydrogen-bond donors (Lipinski definition) is 1. The zero-order valence-corrected chi connectivity index (χ0v) is 12.8. The fourth-order valence-electron chi connectivity index (χ4n) is 2.07. The molecular weight excluding hydrogens is 323 g/mol. The summed E-state index contributed by atoms with van der Waals surface area (Å²) in [5.41, 5.74) is 0.523. The number of nitrogens with zero attached hydrogens (tertiary/aromatic N) is 3. The fourth-order valence-corrected chi connectivity index (χ4v) is 2.80. The number of imide groups is 1. The molecule has 1 saturated heterocycles. The lowest BCUT2D eigenvalue weighted by atomic mass is 10.2. The van der Waals surface area contributed by atoms with Crippen LogP contribution < -0.4 is 5.32 Å². The first kappa shape index (κ1) is 15.5. The van der Waals surface area contributed by atoms with E-state index in [9.17, 15) is 14.0 Å². The van der Waals surface area contributed by atoms with Crippen LogP contribution in [0.15, 0.2) is 28.8 Å². The van der Waals surface area contributed by atoms with Gasteiger partial charge in [-0.25, -0.2) is 9.18 Å². The maximum Gasteiger partial charge on any atom is 0.324 e. The topological polar surface area (TPSA) is 88.3 Å². The van der Waals surface area contributed by atoms with Crippen LogP contribution in [0.2, 0.25) is 0 Å². The minimum absolute atomic E-state index is 0.144. The van der Waals surface area contributed by atoms with E-state index in [4.69, 9.17) is 4.52 Å². The van der Waals surface area contributed by atoms with Crippen LogP contribution in [-0.4, -0.2) is 45.8 Å². The molecule has 0 spiro atoms. The Morgan fingerprint density at radius 2 is 2.35 bits per heavy atom. The quantitative estimate of drug-likeness (QED) is 0.893. The number of thioether (sulfide) groups is 1. The number of benzene rings is 1. The molecule has 0 unspecified atom stereocenters. The van der Waals surface area contributed by atoms with Crippen molar-refractivity contribution in [1.82, 2.24) is 20.4 Å². The van der Waals surface area contributed by atoms with Gasteiger partial charge in [0.2, 0.25) is 17.6 Å². The van der Waals surface area contributed by atoms with Gasteiger partial charge in [0.15, 0.2) is 0 Å². The molecule has 1 aliphatic heterocycles. The lowest BCUT2D eigenvalue weighted by Gasteiger charge is -2.10. The molecule has 1 aliphatic rings. The number of halogens is 1. The first-order chi connectivity index (χ1) is 11.1. The highest BCUT2D eigenvalue weighted by Gasteiger charge is 2.25. The molecule has 0 aliphatic carbocycles. The molecule has 0 saturated carbocycles. The van der Waals surface area contributed by atoms with Crippen LogP contribution in [0.25, 0.3) is 11.4 Å². The number of carbonyl (C=O) groups is 2. The zero-order chi connectivity index (χ0) is 16.2. The highest BCUT2D eigenvalue weighted by Crippen LogP contribution is 2.19. The van der Waals surface area contributed by atoms with E-state index in [2.05, 4.69) is 15.5 Å². The molecule has 2 heterocycles. The second kappa shape index (κ2) is 6.78. The van der Waals surface area contributed by atoms with Gasteiger partial charge in [0.1, 0.15) is 5.82 Å². The van der Waals surface area contributed by atoms with Gasteiger partial charge < -0.3 is 9.84 Å². The third-order valence-electron chi connectivity index (χ3n) is 3.16. The molecule has 7 nitrogen and oxygen atoms in total. The highest BCUT2D eigenvalue weighted by molar-refractivity contribution is 7.99. The van der Waals surface area contributed by atoms with Crippen LogP contribution in [-0.2, 0) is 10.5 Å². The lowest BCUT2D eigenvalue weighted by Crippen LogP contribution is -2.35. The van der Waals surface area contributed by atoms with Crippen molar-refractivity contribution >= 4 is 23.7 Å². The zero-order valence-electron chi connectivity index (χ0n) is 12.0. The van der Waals surface area contributed by atoms with Gasteiger partial charge >= 0.3 is 6.03 Å². The SMILES string of the molecule is O=C(CSCc1nc(-c2cccc(F)c2)no1)N1CCNC1=O. The molecule has 0 radical (unpaired) electrons. The summed E-state index contributed by atoms with van der Waals surface area (Å²) >= 11 is 1.27. The Labute approximate surface area is 135 Å². The molecule has 3 amide bonds. The predicted octanol–water partition coefficient (Wildman–Crippen LogP) is 1.66. The van der Waals surface area contributed by atoms with Crippen molar-refractivity contribution in [3.8, 4) is 11.4 Å². The molecule has 0 bridgehead atoms. The largest absolute Gasteiger partial charge is 0.338 e. The van der Waals surface area contributed by atoms with Crippen molar-refractivity contribution in [2.45, 2.75) is 5.75 Å². The molecule has 1 fully saturated rings. The van der Waals surface area contributed by atoms with Crippen LogP contribution in [0.1, 0.15) is 5.89 Å². The van der Waals surface area contributed by atoms with E-state index in [0.29, 0.717) is 36.1 Å². The molecule has 0 atom stereocenters. The second-order valence-corrected chi connectivity index (χ2v) is 5.78. The van der Waals surface area contributed by atoms with Gasteiger partial charge in [-0.1, -0.05) is 17.3 Å². The number of urea groups is 1. The van der Waals surface area contributed by atoms with Crippen molar-refractivity contribution in [2.75, 3.05) is 18.8 Å². The predicted molar refractivity (Wildman–Crippen MR) is 81.0 cm³/mol. The summed E-state index contributed by atoms with van der Waals surface area (Å²) in [6, 6.07) is 5.54. The van der Waals surface area contributed by atoms with Crippen molar-refractivity contribution in [2.24, 2.45) is 0 Å². The van der Waals surface area contributed by atoms with Gasteiger partial charge in [0, 0.05) is 18.7 Å². The van der Waals surface area contributed by atoms with Gasteiger partial charge in [-0.3, -0.25) is 9.69 Å². The number of carbonyl (C=O) groups excluding carboxylic acids is 2. The number of amides is 3. The molecule has 3 rings (SSSR count). The summed E-state index contributed by atoms with van der Waals surface area (Å²) < 4.78 is 18.2. The minimum Gasteiger partial charge on any atom is -0.338 e. The van der Waals surface area contributed by atoms with Crippen LogP contribution in [0.4, 0.5) is 9.18 Å². The molecule has 2 aromatic rings. The molecule has 23 heavy (non-hydrogen) atoms. The molecule has 120 valence electrons. The summed E-state index contributed by atoms with van der Waals surface area (Å²) in [4.78, 5) is 28.5. The maximum atomic E-state index is 13.2. The van der Waals surface area contributed by atoms with Gasteiger partial charge in [0.25, 0.3) is 0 Å². The normalized spacial score (nSPS) is 14.1. The van der Waals surface area contributed by atoms with Gasteiger partial charge in [0.05, 0.1) is 11.5 Å². The minimum atomic E-state index is -0.377. The van der Waals surface area contributed by atoms with Crippen molar-refractivity contribution in [1.29, 1.82) is 0 Å². The molecule has 1 aromatic heterocycles. The van der Waals surface area contributed by atoms with E-state index in [1.165, 1.54) is 28.8 Å². The summed E-state index contributed by atoms with van der Waals surface area (Å²) in [6.45, 7) is 0.873. The molecule has 1 aromatic carbocycles.